The Labute approximate surface area is 161 Å². The molecule has 1 aliphatic rings. The molecule has 0 aromatic heterocycles. The van der Waals surface area contributed by atoms with Crippen molar-refractivity contribution in [3.63, 3.8) is 0 Å². The van der Waals surface area contributed by atoms with E-state index in [1.165, 1.54) is 24.8 Å². The zero-order valence-corrected chi connectivity index (χ0v) is 16.5. The molecule has 26 heavy (non-hydrogen) atoms. The van der Waals surface area contributed by atoms with Crippen LogP contribution in [0, 0.1) is 6.92 Å². The Morgan fingerprint density at radius 3 is 2.38 bits per heavy atom. The number of thiocarbonyl (C=S) groups is 1. The second-order valence-corrected chi connectivity index (χ2v) is 7.11. The molecule has 3 rings (SSSR count). The van der Waals surface area contributed by atoms with E-state index in [0.29, 0.717) is 13.2 Å². The molecule has 1 aliphatic heterocycles. The van der Waals surface area contributed by atoms with Gasteiger partial charge >= 0.3 is 0 Å². The van der Waals surface area contributed by atoms with Crippen LogP contribution in [0.15, 0.2) is 42.5 Å². The summed E-state index contributed by atoms with van der Waals surface area (Å²) in [7, 11) is 0. The van der Waals surface area contributed by atoms with E-state index in [4.69, 9.17) is 21.7 Å². The summed E-state index contributed by atoms with van der Waals surface area (Å²) in [6.45, 7) is 7.29. The van der Waals surface area contributed by atoms with Gasteiger partial charge in [0.1, 0.15) is 11.6 Å². The maximum atomic E-state index is 6.01. The molecule has 0 amide bonds. The molecule has 0 unspecified atom stereocenters. The minimum atomic E-state index is 0.524. The second kappa shape index (κ2) is 9.04. The van der Waals surface area contributed by atoms with Crippen molar-refractivity contribution in [3.05, 3.63) is 59.2 Å². The first-order valence-electron chi connectivity index (χ1n) is 9.42. The molecule has 0 spiro atoms. The number of benzene rings is 2. The number of hydrogen-bond acceptors (Lipinski definition) is 3. The fraction of sp³-hybridized carbons (Fsp3) is 0.409. The van der Waals surface area contributed by atoms with Crippen LogP contribution in [0.4, 0.5) is 0 Å². The SMILES string of the molecule is CCOc1cc(C(=S)N2CCCCC2)ccc1OCc1ccc(C)cc1. The van der Waals surface area contributed by atoms with Crippen LogP contribution in [-0.4, -0.2) is 29.6 Å². The van der Waals surface area contributed by atoms with Gasteiger partial charge in [-0.3, -0.25) is 0 Å². The van der Waals surface area contributed by atoms with Gasteiger partial charge in [0.15, 0.2) is 11.5 Å². The fourth-order valence-electron chi connectivity index (χ4n) is 3.15. The highest BCUT2D eigenvalue weighted by Gasteiger charge is 2.17. The van der Waals surface area contributed by atoms with Crippen molar-refractivity contribution < 1.29 is 9.47 Å². The van der Waals surface area contributed by atoms with E-state index in [1.807, 2.05) is 25.1 Å². The summed E-state index contributed by atoms with van der Waals surface area (Å²) in [4.78, 5) is 3.22. The van der Waals surface area contributed by atoms with Crippen LogP contribution in [0.2, 0.25) is 0 Å². The average molecular weight is 370 g/mol. The van der Waals surface area contributed by atoms with Crippen LogP contribution in [0.1, 0.15) is 42.9 Å². The van der Waals surface area contributed by atoms with E-state index in [0.717, 1.165) is 40.7 Å². The van der Waals surface area contributed by atoms with Crippen LogP contribution < -0.4 is 9.47 Å². The summed E-state index contributed by atoms with van der Waals surface area (Å²) in [6.07, 6.45) is 3.74. The molecule has 2 aromatic rings. The number of aryl methyl sites for hydroxylation is 1. The first kappa shape index (κ1) is 18.7. The maximum absolute atomic E-state index is 6.01. The van der Waals surface area contributed by atoms with E-state index >= 15 is 0 Å². The Morgan fingerprint density at radius 2 is 1.69 bits per heavy atom. The molecule has 1 saturated heterocycles. The van der Waals surface area contributed by atoms with Gasteiger partial charge in [-0.15, -0.1) is 0 Å². The smallest absolute Gasteiger partial charge is 0.161 e. The lowest BCUT2D eigenvalue weighted by Gasteiger charge is -2.29. The van der Waals surface area contributed by atoms with Gasteiger partial charge in [0.25, 0.3) is 0 Å². The van der Waals surface area contributed by atoms with Gasteiger partial charge < -0.3 is 14.4 Å². The van der Waals surface area contributed by atoms with Crippen LogP contribution >= 0.6 is 12.2 Å². The highest BCUT2D eigenvalue weighted by Crippen LogP contribution is 2.30. The highest BCUT2D eigenvalue weighted by atomic mass is 32.1. The molecule has 2 aromatic carbocycles. The minimum Gasteiger partial charge on any atom is -0.490 e. The Bertz CT molecular complexity index is 736. The third kappa shape index (κ3) is 4.76. The van der Waals surface area contributed by atoms with Gasteiger partial charge in [-0.1, -0.05) is 42.0 Å². The quantitative estimate of drug-likeness (QED) is 0.658. The normalized spacial score (nSPS) is 14.2. The van der Waals surface area contributed by atoms with Gasteiger partial charge in [0.2, 0.25) is 0 Å². The lowest BCUT2D eigenvalue weighted by molar-refractivity contribution is 0.269. The van der Waals surface area contributed by atoms with Crippen LogP contribution in [0.25, 0.3) is 0 Å². The van der Waals surface area contributed by atoms with E-state index in [1.54, 1.807) is 0 Å². The third-order valence-electron chi connectivity index (χ3n) is 4.65. The first-order chi connectivity index (χ1) is 12.7. The van der Waals surface area contributed by atoms with Crippen molar-refractivity contribution in [1.29, 1.82) is 0 Å². The van der Waals surface area contributed by atoms with E-state index in [2.05, 4.69) is 36.1 Å². The molecule has 4 heteroatoms. The number of likely N-dealkylation sites (tertiary alicyclic amines) is 1. The standard InChI is InChI=1S/C22H27NO2S/c1-3-24-21-15-19(22(26)23-13-5-4-6-14-23)11-12-20(21)25-16-18-9-7-17(2)8-10-18/h7-12,15H,3-6,13-14,16H2,1-2H3. The summed E-state index contributed by atoms with van der Waals surface area (Å²) < 4.78 is 11.8. The molecule has 138 valence electrons. The van der Waals surface area contributed by atoms with Crippen LogP contribution in [-0.2, 0) is 6.61 Å². The van der Waals surface area contributed by atoms with Crippen molar-refractivity contribution in [1.82, 2.24) is 4.90 Å². The molecule has 0 N–H and O–H groups in total. The summed E-state index contributed by atoms with van der Waals surface area (Å²) in [5, 5.41) is 0. The predicted molar refractivity (Wildman–Crippen MR) is 110 cm³/mol. The van der Waals surface area contributed by atoms with Gasteiger partial charge in [-0.2, -0.15) is 0 Å². The van der Waals surface area contributed by atoms with Gasteiger partial charge in [-0.25, -0.2) is 0 Å². The fourth-order valence-corrected chi connectivity index (χ4v) is 3.46. The molecular weight excluding hydrogens is 342 g/mol. The Morgan fingerprint density at radius 1 is 0.962 bits per heavy atom. The number of hydrogen-bond donors (Lipinski definition) is 0. The van der Waals surface area contributed by atoms with Crippen molar-refractivity contribution in [2.75, 3.05) is 19.7 Å². The second-order valence-electron chi connectivity index (χ2n) is 6.72. The lowest BCUT2D eigenvalue weighted by Crippen LogP contribution is -2.34. The molecule has 3 nitrogen and oxygen atoms in total. The number of rotatable bonds is 6. The maximum Gasteiger partial charge on any atom is 0.161 e. The Kier molecular flexibility index (Phi) is 6.51. The van der Waals surface area contributed by atoms with Gasteiger partial charge in [-0.05, 0) is 56.9 Å². The van der Waals surface area contributed by atoms with Crippen molar-refractivity contribution in [2.24, 2.45) is 0 Å². The molecule has 1 heterocycles. The molecule has 0 saturated carbocycles. The molecule has 0 atom stereocenters. The minimum absolute atomic E-state index is 0.524. The molecule has 1 fully saturated rings. The molecule has 0 aliphatic carbocycles. The molecule has 0 bridgehead atoms. The number of piperidine rings is 1. The van der Waals surface area contributed by atoms with E-state index in [9.17, 15) is 0 Å². The molecular formula is C22H27NO2S. The monoisotopic (exact) mass is 369 g/mol. The highest BCUT2D eigenvalue weighted by molar-refractivity contribution is 7.80. The van der Waals surface area contributed by atoms with Crippen LogP contribution in [0.5, 0.6) is 11.5 Å². The van der Waals surface area contributed by atoms with Crippen molar-refractivity contribution >= 4 is 17.2 Å². The summed E-state index contributed by atoms with van der Waals surface area (Å²) in [5.74, 6) is 1.52. The Balaban J connectivity index is 1.73. The summed E-state index contributed by atoms with van der Waals surface area (Å²) in [6, 6.07) is 14.4. The van der Waals surface area contributed by atoms with Gasteiger partial charge in [0, 0.05) is 18.7 Å². The zero-order chi connectivity index (χ0) is 18.4. The largest absolute Gasteiger partial charge is 0.490 e. The number of nitrogens with zero attached hydrogens (tertiary/aromatic N) is 1. The van der Waals surface area contributed by atoms with Crippen molar-refractivity contribution in [3.8, 4) is 11.5 Å². The third-order valence-corrected chi connectivity index (χ3v) is 5.14. The summed E-state index contributed by atoms with van der Waals surface area (Å²) >= 11 is 5.71. The predicted octanol–water partition coefficient (Wildman–Crippen LogP) is 5.13. The lowest BCUT2D eigenvalue weighted by atomic mass is 10.1. The zero-order valence-electron chi connectivity index (χ0n) is 15.7. The molecule has 0 radical (unpaired) electrons. The number of ether oxygens (including phenoxy) is 2. The topological polar surface area (TPSA) is 21.7 Å². The Hall–Kier alpha value is -2.07. The van der Waals surface area contributed by atoms with E-state index in [-0.39, 0.29) is 0 Å². The van der Waals surface area contributed by atoms with Crippen LogP contribution in [0.3, 0.4) is 0 Å². The van der Waals surface area contributed by atoms with Gasteiger partial charge in [0.05, 0.1) is 6.61 Å². The van der Waals surface area contributed by atoms with E-state index < -0.39 is 0 Å². The average Bonchev–Trinajstić information content (AvgIpc) is 2.68. The van der Waals surface area contributed by atoms with Crippen molar-refractivity contribution in [2.45, 2.75) is 39.7 Å². The summed E-state index contributed by atoms with van der Waals surface area (Å²) in [5.41, 5.74) is 3.43. The first-order valence-corrected chi connectivity index (χ1v) is 9.82.